The monoisotopic (exact) mass is 450 g/mol. The van der Waals surface area contributed by atoms with Crippen LogP contribution in [0.15, 0.2) is 52.5 Å². The van der Waals surface area contributed by atoms with Crippen molar-refractivity contribution in [2.45, 2.75) is 0 Å². The molecule has 5 nitrogen and oxygen atoms in total. The lowest BCUT2D eigenvalue weighted by Gasteiger charge is -2.29. The zero-order chi connectivity index (χ0) is 18.8. The van der Waals surface area contributed by atoms with E-state index in [1.807, 2.05) is 0 Å². The minimum absolute atomic E-state index is 0.0226. The van der Waals surface area contributed by atoms with Gasteiger partial charge in [-0.25, -0.2) is 0 Å². The molecule has 1 saturated heterocycles. The average Bonchev–Trinajstić information content (AvgIpc) is 2.60. The van der Waals surface area contributed by atoms with Crippen molar-refractivity contribution in [3.05, 3.63) is 63.1 Å². The van der Waals surface area contributed by atoms with E-state index in [-0.39, 0.29) is 10.7 Å². The molecule has 0 aliphatic carbocycles. The van der Waals surface area contributed by atoms with Crippen LogP contribution in [0.4, 0.5) is 5.69 Å². The van der Waals surface area contributed by atoms with E-state index in [4.69, 9.17) is 28.6 Å². The molecule has 0 spiro atoms. The van der Waals surface area contributed by atoms with Gasteiger partial charge >= 0.3 is 0 Å². The summed E-state index contributed by atoms with van der Waals surface area (Å²) in [7, 11) is 1.56. The van der Waals surface area contributed by atoms with Crippen molar-refractivity contribution in [1.82, 2.24) is 5.32 Å². The fraction of sp³-hybridized carbons (Fsp3) is 0.0556. The zero-order valence-corrected chi connectivity index (χ0v) is 16.6. The SMILES string of the molecule is COc1ccc(C=C2C(=O)NC(=S)N(c3ccc(Cl)cc3)C2=O)cc1Br. The summed E-state index contributed by atoms with van der Waals surface area (Å²) in [6, 6.07) is 11.9. The average molecular weight is 452 g/mol. The van der Waals surface area contributed by atoms with Gasteiger partial charge in [0.2, 0.25) is 0 Å². The van der Waals surface area contributed by atoms with E-state index >= 15 is 0 Å². The van der Waals surface area contributed by atoms with Gasteiger partial charge in [-0.1, -0.05) is 17.7 Å². The van der Waals surface area contributed by atoms with E-state index in [9.17, 15) is 9.59 Å². The Kier molecular flexibility index (Phi) is 5.41. The molecule has 132 valence electrons. The number of amides is 2. The van der Waals surface area contributed by atoms with Gasteiger partial charge in [0.05, 0.1) is 17.3 Å². The van der Waals surface area contributed by atoms with Crippen molar-refractivity contribution in [3.8, 4) is 5.75 Å². The van der Waals surface area contributed by atoms with Crippen LogP contribution >= 0.6 is 39.7 Å². The molecule has 8 heteroatoms. The second-order valence-corrected chi connectivity index (χ2v) is 7.01. The van der Waals surface area contributed by atoms with E-state index in [1.165, 1.54) is 11.0 Å². The second kappa shape index (κ2) is 7.57. The fourth-order valence-corrected chi connectivity index (χ4v) is 3.39. The lowest BCUT2D eigenvalue weighted by atomic mass is 10.1. The van der Waals surface area contributed by atoms with Crippen LogP contribution in [0, 0.1) is 0 Å². The van der Waals surface area contributed by atoms with Crippen LogP contribution < -0.4 is 15.0 Å². The van der Waals surface area contributed by atoms with Crippen LogP contribution in [0.2, 0.25) is 5.02 Å². The minimum atomic E-state index is -0.544. The van der Waals surface area contributed by atoms with Crippen LogP contribution in [-0.4, -0.2) is 24.0 Å². The molecule has 1 heterocycles. The molecule has 1 aliphatic rings. The Hall–Kier alpha value is -2.22. The van der Waals surface area contributed by atoms with Gasteiger partial charge in [0.15, 0.2) is 5.11 Å². The first-order valence-corrected chi connectivity index (χ1v) is 8.99. The molecule has 0 unspecified atom stereocenters. The molecular formula is C18H12BrClN2O3S. The summed E-state index contributed by atoms with van der Waals surface area (Å²) >= 11 is 14.4. The highest BCUT2D eigenvalue weighted by Crippen LogP contribution is 2.28. The lowest BCUT2D eigenvalue weighted by molar-refractivity contribution is -0.122. The van der Waals surface area contributed by atoms with Crippen molar-refractivity contribution in [3.63, 3.8) is 0 Å². The molecule has 0 aromatic heterocycles. The fourth-order valence-electron chi connectivity index (χ4n) is 2.42. The number of nitrogens with zero attached hydrogens (tertiary/aromatic N) is 1. The number of hydrogen-bond donors (Lipinski definition) is 1. The summed E-state index contributed by atoms with van der Waals surface area (Å²) < 4.78 is 5.89. The van der Waals surface area contributed by atoms with Gasteiger partial charge in [-0.3, -0.25) is 19.8 Å². The first-order valence-electron chi connectivity index (χ1n) is 7.41. The lowest BCUT2D eigenvalue weighted by Crippen LogP contribution is -2.54. The molecular weight excluding hydrogens is 440 g/mol. The highest BCUT2D eigenvalue weighted by Gasteiger charge is 2.34. The van der Waals surface area contributed by atoms with Gasteiger partial charge in [0, 0.05) is 5.02 Å². The number of nitrogens with one attached hydrogen (secondary N) is 1. The summed E-state index contributed by atoms with van der Waals surface area (Å²) in [5, 5.41) is 3.10. The predicted octanol–water partition coefficient (Wildman–Crippen LogP) is 3.94. The Morgan fingerprint density at radius 2 is 1.88 bits per heavy atom. The van der Waals surface area contributed by atoms with E-state index in [0.29, 0.717) is 26.5 Å². The van der Waals surface area contributed by atoms with Gasteiger partial charge < -0.3 is 4.74 Å². The maximum Gasteiger partial charge on any atom is 0.270 e. The number of rotatable bonds is 3. The van der Waals surface area contributed by atoms with Crippen LogP contribution in [0.5, 0.6) is 5.75 Å². The smallest absolute Gasteiger partial charge is 0.270 e. The zero-order valence-electron chi connectivity index (χ0n) is 13.5. The first kappa shape index (κ1) is 18.6. The van der Waals surface area contributed by atoms with Crippen LogP contribution in [0.1, 0.15) is 5.56 Å². The molecule has 1 aliphatic heterocycles. The molecule has 26 heavy (non-hydrogen) atoms. The molecule has 0 saturated carbocycles. The first-order chi connectivity index (χ1) is 12.4. The third-order valence-corrected chi connectivity index (χ3v) is 4.83. The van der Waals surface area contributed by atoms with E-state index < -0.39 is 11.8 Å². The number of halogens is 2. The van der Waals surface area contributed by atoms with Gasteiger partial charge in [-0.15, -0.1) is 0 Å². The summed E-state index contributed by atoms with van der Waals surface area (Å²) in [5.41, 5.74) is 1.16. The van der Waals surface area contributed by atoms with E-state index in [1.54, 1.807) is 49.6 Å². The maximum absolute atomic E-state index is 12.9. The summed E-state index contributed by atoms with van der Waals surface area (Å²) in [6.07, 6.45) is 1.51. The van der Waals surface area contributed by atoms with Crippen LogP contribution in [0.25, 0.3) is 6.08 Å². The van der Waals surface area contributed by atoms with Crippen molar-refractivity contribution >= 4 is 68.4 Å². The molecule has 0 atom stereocenters. The number of methoxy groups -OCH3 is 1. The van der Waals surface area contributed by atoms with Gasteiger partial charge in [-0.05, 0) is 76.2 Å². The standard InChI is InChI=1S/C18H12BrClN2O3S/c1-25-15-7-2-10(9-14(15)19)8-13-16(23)21-18(26)22(17(13)24)12-5-3-11(20)4-6-12/h2-9H,1H3,(H,21,23,26). The molecule has 2 aromatic rings. The highest BCUT2D eigenvalue weighted by molar-refractivity contribution is 9.10. The largest absolute Gasteiger partial charge is 0.496 e. The van der Waals surface area contributed by atoms with E-state index in [0.717, 1.165) is 0 Å². The number of ether oxygens (including phenoxy) is 1. The minimum Gasteiger partial charge on any atom is -0.496 e. The maximum atomic E-state index is 12.9. The number of thiocarbonyl (C=S) groups is 1. The number of carbonyl (C=O) groups excluding carboxylic acids is 2. The Morgan fingerprint density at radius 3 is 2.50 bits per heavy atom. The van der Waals surface area contributed by atoms with Crippen molar-refractivity contribution < 1.29 is 14.3 Å². The van der Waals surface area contributed by atoms with Gasteiger partial charge in [0.1, 0.15) is 11.3 Å². The second-order valence-electron chi connectivity index (χ2n) is 5.33. The number of anilines is 1. The molecule has 1 fully saturated rings. The van der Waals surface area contributed by atoms with Crippen molar-refractivity contribution in [1.29, 1.82) is 0 Å². The molecule has 2 amide bonds. The Morgan fingerprint density at radius 1 is 1.19 bits per heavy atom. The van der Waals surface area contributed by atoms with Crippen LogP contribution in [-0.2, 0) is 9.59 Å². The molecule has 2 aromatic carbocycles. The quantitative estimate of drug-likeness (QED) is 0.436. The topological polar surface area (TPSA) is 58.6 Å². The van der Waals surface area contributed by atoms with E-state index in [2.05, 4.69) is 21.2 Å². The Bertz CT molecular complexity index is 944. The van der Waals surface area contributed by atoms with Gasteiger partial charge in [-0.2, -0.15) is 0 Å². The third-order valence-electron chi connectivity index (χ3n) is 3.67. The Labute approximate surface area is 168 Å². The number of hydrogen-bond acceptors (Lipinski definition) is 4. The normalized spacial score (nSPS) is 16.0. The number of carbonyl (C=O) groups is 2. The molecule has 0 bridgehead atoms. The predicted molar refractivity (Wildman–Crippen MR) is 108 cm³/mol. The van der Waals surface area contributed by atoms with Crippen molar-refractivity contribution in [2.24, 2.45) is 0 Å². The van der Waals surface area contributed by atoms with Gasteiger partial charge in [0.25, 0.3) is 11.8 Å². The summed E-state index contributed by atoms with van der Waals surface area (Å²) in [6.45, 7) is 0. The molecule has 3 rings (SSSR count). The third kappa shape index (κ3) is 3.65. The summed E-state index contributed by atoms with van der Waals surface area (Å²) in [4.78, 5) is 26.4. The highest BCUT2D eigenvalue weighted by atomic mass is 79.9. The summed E-state index contributed by atoms with van der Waals surface area (Å²) in [5.74, 6) is -0.402. The molecule has 1 N–H and O–H groups in total. The number of benzene rings is 2. The molecule has 0 radical (unpaired) electrons. The van der Waals surface area contributed by atoms with Crippen LogP contribution in [0.3, 0.4) is 0 Å². The van der Waals surface area contributed by atoms with Crippen molar-refractivity contribution in [2.75, 3.05) is 12.0 Å². The Balaban J connectivity index is 1.99.